The first kappa shape index (κ1) is 23.3. The van der Waals surface area contributed by atoms with Crippen molar-refractivity contribution in [2.24, 2.45) is 0 Å². The molecule has 0 fully saturated rings. The van der Waals surface area contributed by atoms with E-state index in [0.717, 1.165) is 25.7 Å². The van der Waals surface area contributed by atoms with Crippen LogP contribution in [0, 0.1) is 0 Å². The molecule has 0 saturated carbocycles. The molecule has 0 aliphatic rings. The molecule has 0 aromatic rings. The van der Waals surface area contributed by atoms with Crippen molar-refractivity contribution in [1.29, 1.82) is 0 Å². The zero-order valence-electron chi connectivity index (χ0n) is 16.5. The van der Waals surface area contributed by atoms with Crippen LogP contribution < -0.4 is 0 Å². The Kier molecular flexibility index (Phi) is 19.7. The van der Waals surface area contributed by atoms with Gasteiger partial charge in [-0.1, -0.05) is 104 Å². The van der Waals surface area contributed by atoms with Crippen LogP contribution in [0.3, 0.4) is 0 Å². The molecule has 0 aromatic carbocycles. The molecule has 0 spiro atoms. The van der Waals surface area contributed by atoms with Crippen molar-refractivity contribution < 1.29 is 14.3 Å². The summed E-state index contributed by atoms with van der Waals surface area (Å²) in [5, 5.41) is 0. The van der Waals surface area contributed by atoms with Crippen LogP contribution in [-0.4, -0.2) is 19.4 Å². The van der Waals surface area contributed by atoms with Gasteiger partial charge in [0.1, 0.15) is 0 Å². The molecule has 0 aliphatic carbocycles. The standard InChI is InChI=1S/C21H42O3/c1-3-5-7-9-10-11-12-13-14-16-18-20-24-21(22)23-19-17-15-8-6-4-2/h3-20H2,1-2H3. The lowest BCUT2D eigenvalue weighted by Crippen LogP contribution is -2.09. The van der Waals surface area contributed by atoms with Gasteiger partial charge in [0.2, 0.25) is 0 Å². The van der Waals surface area contributed by atoms with E-state index in [1.54, 1.807) is 0 Å². The molecule has 0 aromatic heterocycles. The minimum absolute atomic E-state index is 0.488. The third-order valence-corrected chi connectivity index (χ3v) is 4.44. The van der Waals surface area contributed by atoms with Crippen molar-refractivity contribution in [3.8, 4) is 0 Å². The van der Waals surface area contributed by atoms with Gasteiger partial charge in [0.05, 0.1) is 13.2 Å². The molecule has 0 saturated heterocycles. The first-order chi connectivity index (χ1) is 11.8. The van der Waals surface area contributed by atoms with E-state index in [1.165, 1.54) is 77.0 Å². The molecule has 0 radical (unpaired) electrons. The zero-order valence-corrected chi connectivity index (χ0v) is 16.5. The largest absolute Gasteiger partial charge is 0.508 e. The highest BCUT2D eigenvalue weighted by Crippen LogP contribution is 2.11. The second kappa shape index (κ2) is 20.3. The Morgan fingerprint density at radius 2 is 0.792 bits per heavy atom. The maximum atomic E-state index is 11.4. The van der Waals surface area contributed by atoms with Crippen LogP contribution in [0.25, 0.3) is 0 Å². The van der Waals surface area contributed by atoms with Gasteiger partial charge in [-0.15, -0.1) is 0 Å². The Morgan fingerprint density at radius 3 is 1.12 bits per heavy atom. The zero-order chi connectivity index (χ0) is 17.7. The van der Waals surface area contributed by atoms with E-state index >= 15 is 0 Å². The highest BCUT2D eigenvalue weighted by Gasteiger charge is 2.02. The summed E-state index contributed by atoms with van der Waals surface area (Å²) >= 11 is 0. The van der Waals surface area contributed by atoms with E-state index in [0.29, 0.717) is 13.2 Å². The molecule has 3 heteroatoms. The van der Waals surface area contributed by atoms with E-state index in [9.17, 15) is 4.79 Å². The average molecular weight is 343 g/mol. The number of carbonyl (C=O) groups is 1. The highest BCUT2D eigenvalue weighted by atomic mass is 16.7. The SMILES string of the molecule is CCCCCCCCCCCCCOC(=O)OCCCCCCC. The molecule has 0 N–H and O–H groups in total. The average Bonchev–Trinajstić information content (AvgIpc) is 2.59. The lowest BCUT2D eigenvalue weighted by atomic mass is 10.1. The Labute approximate surface area is 150 Å². The second-order valence-electron chi connectivity index (χ2n) is 6.90. The van der Waals surface area contributed by atoms with Gasteiger partial charge in [0.15, 0.2) is 0 Å². The monoisotopic (exact) mass is 342 g/mol. The van der Waals surface area contributed by atoms with Gasteiger partial charge in [-0.3, -0.25) is 0 Å². The Bertz CT molecular complexity index is 253. The quantitative estimate of drug-likeness (QED) is 0.192. The Hall–Kier alpha value is -0.730. The summed E-state index contributed by atoms with van der Waals surface area (Å²) in [6, 6.07) is 0. The van der Waals surface area contributed by atoms with Gasteiger partial charge in [0, 0.05) is 0 Å². The molecule has 0 heterocycles. The number of ether oxygens (including phenoxy) is 2. The molecule has 0 unspecified atom stereocenters. The topological polar surface area (TPSA) is 35.5 Å². The van der Waals surface area contributed by atoms with Gasteiger partial charge >= 0.3 is 6.16 Å². The van der Waals surface area contributed by atoms with Crippen molar-refractivity contribution in [2.45, 2.75) is 117 Å². The Balaban J connectivity index is 3.11. The molecular weight excluding hydrogens is 300 g/mol. The molecule has 24 heavy (non-hydrogen) atoms. The maximum absolute atomic E-state index is 11.4. The summed E-state index contributed by atoms with van der Waals surface area (Å²) in [7, 11) is 0. The van der Waals surface area contributed by atoms with E-state index in [2.05, 4.69) is 13.8 Å². The third-order valence-electron chi connectivity index (χ3n) is 4.44. The van der Waals surface area contributed by atoms with E-state index in [1.807, 2.05) is 0 Å². The fraction of sp³-hybridized carbons (Fsp3) is 0.952. The molecule has 0 amide bonds. The second-order valence-corrected chi connectivity index (χ2v) is 6.90. The van der Waals surface area contributed by atoms with Gasteiger partial charge in [0.25, 0.3) is 0 Å². The van der Waals surface area contributed by atoms with Gasteiger partial charge in [-0.25, -0.2) is 4.79 Å². The van der Waals surface area contributed by atoms with Crippen molar-refractivity contribution in [3.05, 3.63) is 0 Å². The molecular formula is C21H42O3. The summed E-state index contributed by atoms with van der Waals surface area (Å²) < 4.78 is 10.2. The number of hydrogen-bond donors (Lipinski definition) is 0. The van der Waals surface area contributed by atoms with Crippen molar-refractivity contribution >= 4 is 6.16 Å². The predicted octanol–water partition coefficient (Wildman–Crippen LogP) is 7.42. The lowest BCUT2D eigenvalue weighted by Gasteiger charge is -2.06. The van der Waals surface area contributed by atoms with Crippen molar-refractivity contribution in [1.82, 2.24) is 0 Å². The Morgan fingerprint density at radius 1 is 0.500 bits per heavy atom. The molecule has 0 atom stereocenters. The minimum atomic E-state index is -0.488. The van der Waals surface area contributed by atoms with Crippen LogP contribution in [0.1, 0.15) is 117 Å². The number of rotatable bonds is 18. The van der Waals surface area contributed by atoms with Crippen LogP contribution in [-0.2, 0) is 9.47 Å². The van der Waals surface area contributed by atoms with Crippen molar-refractivity contribution in [3.63, 3.8) is 0 Å². The normalized spacial score (nSPS) is 10.8. The summed E-state index contributed by atoms with van der Waals surface area (Å²) in [6.45, 7) is 5.47. The van der Waals surface area contributed by atoms with Crippen LogP contribution in [0.2, 0.25) is 0 Å². The molecule has 144 valence electrons. The molecule has 0 rings (SSSR count). The minimum Gasteiger partial charge on any atom is -0.434 e. The van der Waals surface area contributed by atoms with Gasteiger partial charge in [-0.05, 0) is 12.8 Å². The number of unbranched alkanes of at least 4 members (excludes halogenated alkanes) is 14. The van der Waals surface area contributed by atoms with E-state index in [-0.39, 0.29) is 0 Å². The summed E-state index contributed by atoms with van der Waals surface area (Å²) in [5.41, 5.74) is 0. The summed E-state index contributed by atoms with van der Waals surface area (Å²) in [4.78, 5) is 11.4. The molecule has 3 nitrogen and oxygen atoms in total. The summed E-state index contributed by atoms with van der Waals surface area (Å²) in [6.07, 6.45) is 19.7. The summed E-state index contributed by atoms with van der Waals surface area (Å²) in [5.74, 6) is 0. The van der Waals surface area contributed by atoms with Gasteiger partial charge in [-0.2, -0.15) is 0 Å². The third kappa shape index (κ3) is 19.3. The number of carbonyl (C=O) groups excluding carboxylic acids is 1. The van der Waals surface area contributed by atoms with Crippen LogP contribution in [0.15, 0.2) is 0 Å². The van der Waals surface area contributed by atoms with E-state index < -0.39 is 6.16 Å². The van der Waals surface area contributed by atoms with Crippen molar-refractivity contribution in [2.75, 3.05) is 13.2 Å². The van der Waals surface area contributed by atoms with Crippen LogP contribution >= 0.6 is 0 Å². The molecule has 0 bridgehead atoms. The smallest absolute Gasteiger partial charge is 0.434 e. The van der Waals surface area contributed by atoms with Gasteiger partial charge < -0.3 is 9.47 Å². The maximum Gasteiger partial charge on any atom is 0.508 e. The fourth-order valence-electron chi connectivity index (χ4n) is 2.82. The molecule has 0 aliphatic heterocycles. The highest BCUT2D eigenvalue weighted by molar-refractivity contribution is 5.59. The fourth-order valence-corrected chi connectivity index (χ4v) is 2.82. The first-order valence-corrected chi connectivity index (χ1v) is 10.6. The van der Waals surface area contributed by atoms with Crippen LogP contribution in [0.5, 0.6) is 0 Å². The lowest BCUT2D eigenvalue weighted by molar-refractivity contribution is 0.0529. The van der Waals surface area contributed by atoms with Crippen LogP contribution in [0.4, 0.5) is 4.79 Å². The first-order valence-electron chi connectivity index (χ1n) is 10.6. The number of hydrogen-bond acceptors (Lipinski definition) is 3. The predicted molar refractivity (Wildman–Crippen MR) is 103 cm³/mol. The van der Waals surface area contributed by atoms with E-state index in [4.69, 9.17) is 9.47 Å².